The molecule has 2 rings (SSSR count). The van der Waals surface area contributed by atoms with Gasteiger partial charge in [-0.15, -0.1) is 0 Å². The van der Waals surface area contributed by atoms with Crippen molar-refractivity contribution in [2.24, 2.45) is 0 Å². The number of hydrogen-bond acceptors (Lipinski definition) is 4. The molecule has 0 aliphatic rings. The Morgan fingerprint density at radius 2 is 2.15 bits per heavy atom. The molecule has 1 unspecified atom stereocenters. The SMILES string of the molecule is CCNC(Cc1nccn1CC)c1cccnc1OC. The van der Waals surface area contributed by atoms with Crippen LogP contribution in [0.5, 0.6) is 5.88 Å². The Morgan fingerprint density at radius 1 is 1.30 bits per heavy atom. The molecule has 0 bridgehead atoms. The van der Waals surface area contributed by atoms with Crippen molar-refractivity contribution in [3.05, 3.63) is 42.1 Å². The van der Waals surface area contributed by atoms with Gasteiger partial charge in [0.2, 0.25) is 5.88 Å². The van der Waals surface area contributed by atoms with Crippen LogP contribution in [0.1, 0.15) is 31.3 Å². The third kappa shape index (κ3) is 3.17. The fourth-order valence-corrected chi connectivity index (χ4v) is 2.38. The first kappa shape index (κ1) is 14.5. The molecule has 1 N–H and O–H groups in total. The van der Waals surface area contributed by atoms with Gasteiger partial charge in [0.25, 0.3) is 0 Å². The lowest BCUT2D eigenvalue weighted by Gasteiger charge is -2.20. The predicted molar refractivity (Wildman–Crippen MR) is 78.8 cm³/mol. The fourth-order valence-electron chi connectivity index (χ4n) is 2.38. The number of likely N-dealkylation sites (N-methyl/N-ethyl adjacent to an activating group) is 1. The summed E-state index contributed by atoms with van der Waals surface area (Å²) in [5.74, 6) is 1.75. The van der Waals surface area contributed by atoms with Crippen molar-refractivity contribution in [3.8, 4) is 5.88 Å². The number of rotatable bonds is 7. The third-order valence-corrected chi connectivity index (χ3v) is 3.35. The molecule has 2 heterocycles. The van der Waals surface area contributed by atoms with Crippen LogP contribution >= 0.6 is 0 Å². The van der Waals surface area contributed by atoms with E-state index in [1.165, 1.54) is 0 Å². The highest BCUT2D eigenvalue weighted by Gasteiger charge is 2.18. The van der Waals surface area contributed by atoms with Crippen LogP contribution < -0.4 is 10.1 Å². The van der Waals surface area contributed by atoms with Crippen LogP contribution in [0, 0.1) is 0 Å². The lowest BCUT2D eigenvalue weighted by molar-refractivity contribution is 0.381. The molecule has 0 fully saturated rings. The molecule has 0 amide bonds. The van der Waals surface area contributed by atoms with Crippen LogP contribution in [0.15, 0.2) is 30.7 Å². The first-order valence-electron chi connectivity index (χ1n) is 7.02. The summed E-state index contributed by atoms with van der Waals surface area (Å²) in [5, 5.41) is 3.49. The van der Waals surface area contributed by atoms with E-state index in [-0.39, 0.29) is 6.04 Å². The maximum Gasteiger partial charge on any atom is 0.217 e. The van der Waals surface area contributed by atoms with Gasteiger partial charge in [-0.3, -0.25) is 0 Å². The van der Waals surface area contributed by atoms with Crippen LogP contribution in [0.25, 0.3) is 0 Å². The van der Waals surface area contributed by atoms with Crippen molar-refractivity contribution in [2.45, 2.75) is 32.9 Å². The Kier molecular flexibility index (Phi) is 5.12. The Labute approximate surface area is 120 Å². The van der Waals surface area contributed by atoms with Gasteiger partial charge < -0.3 is 14.6 Å². The number of methoxy groups -OCH3 is 1. The molecule has 2 aromatic heterocycles. The summed E-state index contributed by atoms with van der Waals surface area (Å²) in [6.07, 6.45) is 6.43. The average molecular weight is 274 g/mol. The maximum absolute atomic E-state index is 5.37. The first-order valence-corrected chi connectivity index (χ1v) is 7.02. The Balaban J connectivity index is 2.27. The minimum atomic E-state index is 0.149. The van der Waals surface area contributed by atoms with Gasteiger partial charge in [-0.05, 0) is 19.5 Å². The molecule has 0 aliphatic heterocycles. The molecular weight excluding hydrogens is 252 g/mol. The van der Waals surface area contributed by atoms with Crippen molar-refractivity contribution in [1.29, 1.82) is 0 Å². The number of nitrogens with zero attached hydrogens (tertiary/aromatic N) is 3. The molecule has 0 saturated carbocycles. The van der Waals surface area contributed by atoms with Crippen LogP contribution in [-0.2, 0) is 13.0 Å². The van der Waals surface area contributed by atoms with Crippen LogP contribution in [0.2, 0.25) is 0 Å². The minimum Gasteiger partial charge on any atom is -0.481 e. The van der Waals surface area contributed by atoms with Gasteiger partial charge in [0.1, 0.15) is 5.82 Å². The molecule has 0 saturated heterocycles. The molecule has 5 nitrogen and oxygen atoms in total. The van der Waals surface area contributed by atoms with Gasteiger partial charge in [0, 0.05) is 43.2 Å². The monoisotopic (exact) mass is 274 g/mol. The number of pyridine rings is 1. The van der Waals surface area contributed by atoms with E-state index in [0.717, 1.165) is 30.9 Å². The molecule has 2 aromatic rings. The predicted octanol–water partition coefficient (Wildman–Crippen LogP) is 2.20. The van der Waals surface area contributed by atoms with Gasteiger partial charge in [-0.1, -0.05) is 13.0 Å². The summed E-state index contributed by atoms with van der Waals surface area (Å²) >= 11 is 0. The molecule has 0 radical (unpaired) electrons. The number of ether oxygens (including phenoxy) is 1. The topological polar surface area (TPSA) is 52.0 Å². The standard InChI is InChI=1S/C15H22N4O/c1-4-16-13(11-14-17-9-10-19(14)5-2)12-7-6-8-18-15(12)20-3/h6-10,13,16H,4-5,11H2,1-3H3. The zero-order valence-corrected chi connectivity index (χ0v) is 12.3. The van der Waals surface area contributed by atoms with Gasteiger partial charge >= 0.3 is 0 Å². The van der Waals surface area contributed by atoms with E-state index in [1.54, 1.807) is 13.3 Å². The highest BCUT2D eigenvalue weighted by molar-refractivity contribution is 5.29. The Morgan fingerprint density at radius 3 is 2.85 bits per heavy atom. The third-order valence-electron chi connectivity index (χ3n) is 3.35. The van der Waals surface area contributed by atoms with E-state index < -0.39 is 0 Å². The number of hydrogen-bond donors (Lipinski definition) is 1. The second kappa shape index (κ2) is 7.05. The smallest absolute Gasteiger partial charge is 0.217 e. The van der Waals surface area contributed by atoms with Crippen LogP contribution in [0.4, 0.5) is 0 Å². The number of imidazole rings is 1. The average Bonchev–Trinajstić information content (AvgIpc) is 2.94. The van der Waals surface area contributed by atoms with E-state index >= 15 is 0 Å². The summed E-state index contributed by atoms with van der Waals surface area (Å²) in [5.41, 5.74) is 1.07. The second-order valence-corrected chi connectivity index (χ2v) is 4.55. The quantitative estimate of drug-likeness (QED) is 0.841. The normalized spacial score (nSPS) is 12.3. The molecule has 0 spiro atoms. The van der Waals surface area contributed by atoms with Gasteiger partial charge in [0.15, 0.2) is 0 Å². The van der Waals surface area contributed by atoms with Crippen molar-refractivity contribution in [1.82, 2.24) is 19.9 Å². The zero-order valence-electron chi connectivity index (χ0n) is 12.3. The van der Waals surface area contributed by atoms with Gasteiger partial charge in [-0.2, -0.15) is 0 Å². The molecule has 0 aromatic carbocycles. The van der Waals surface area contributed by atoms with E-state index in [9.17, 15) is 0 Å². The van der Waals surface area contributed by atoms with Crippen molar-refractivity contribution >= 4 is 0 Å². The Bertz CT molecular complexity index is 538. The fraction of sp³-hybridized carbons (Fsp3) is 0.467. The molecule has 5 heteroatoms. The van der Waals surface area contributed by atoms with E-state index in [4.69, 9.17) is 4.74 Å². The van der Waals surface area contributed by atoms with Crippen molar-refractivity contribution < 1.29 is 4.74 Å². The van der Waals surface area contributed by atoms with Crippen molar-refractivity contribution in [3.63, 3.8) is 0 Å². The van der Waals surface area contributed by atoms with E-state index in [0.29, 0.717) is 5.88 Å². The molecular formula is C15H22N4O. The van der Waals surface area contributed by atoms with Crippen LogP contribution in [-0.4, -0.2) is 28.2 Å². The number of nitrogens with one attached hydrogen (secondary N) is 1. The summed E-state index contributed by atoms with van der Waals surface area (Å²) in [6.45, 7) is 6.04. The van der Waals surface area contributed by atoms with E-state index in [1.807, 2.05) is 18.5 Å². The highest BCUT2D eigenvalue weighted by Crippen LogP contribution is 2.25. The van der Waals surface area contributed by atoms with Gasteiger partial charge in [0.05, 0.1) is 7.11 Å². The molecule has 108 valence electrons. The largest absolute Gasteiger partial charge is 0.481 e. The summed E-state index contributed by atoms with van der Waals surface area (Å²) in [6, 6.07) is 4.14. The summed E-state index contributed by atoms with van der Waals surface area (Å²) in [4.78, 5) is 8.73. The molecule has 1 atom stereocenters. The summed E-state index contributed by atoms with van der Waals surface area (Å²) in [7, 11) is 1.65. The maximum atomic E-state index is 5.37. The molecule has 20 heavy (non-hydrogen) atoms. The van der Waals surface area contributed by atoms with Crippen LogP contribution in [0.3, 0.4) is 0 Å². The Hall–Kier alpha value is -1.88. The lowest BCUT2D eigenvalue weighted by atomic mass is 10.0. The van der Waals surface area contributed by atoms with Gasteiger partial charge in [-0.25, -0.2) is 9.97 Å². The number of aryl methyl sites for hydroxylation is 1. The minimum absolute atomic E-state index is 0.149. The molecule has 0 aliphatic carbocycles. The second-order valence-electron chi connectivity index (χ2n) is 4.55. The summed E-state index contributed by atoms with van der Waals surface area (Å²) < 4.78 is 7.53. The van der Waals surface area contributed by atoms with E-state index in [2.05, 4.69) is 39.8 Å². The zero-order chi connectivity index (χ0) is 14.4. The first-order chi connectivity index (χ1) is 9.80. The highest BCUT2D eigenvalue weighted by atomic mass is 16.5. The number of aromatic nitrogens is 3. The lowest BCUT2D eigenvalue weighted by Crippen LogP contribution is -2.25. The van der Waals surface area contributed by atoms with Crippen molar-refractivity contribution in [2.75, 3.05) is 13.7 Å².